The van der Waals surface area contributed by atoms with Crippen molar-refractivity contribution >= 4 is 39.9 Å². The Morgan fingerprint density at radius 1 is 1.24 bits per heavy atom. The first kappa shape index (κ1) is 16.9. The van der Waals surface area contributed by atoms with Crippen molar-refractivity contribution < 1.29 is 4.79 Å². The fourth-order valence-corrected chi connectivity index (χ4v) is 5.92. The van der Waals surface area contributed by atoms with E-state index in [2.05, 4.69) is 10.3 Å². The quantitative estimate of drug-likeness (QED) is 0.699. The molecule has 0 aliphatic heterocycles. The second kappa shape index (κ2) is 7.35. The van der Waals surface area contributed by atoms with E-state index in [4.69, 9.17) is 4.98 Å². The fourth-order valence-electron chi connectivity index (χ4n) is 2.99. The zero-order valence-electron chi connectivity index (χ0n) is 14.0. The van der Waals surface area contributed by atoms with Crippen LogP contribution in [0.5, 0.6) is 0 Å². The number of aryl methyl sites for hydroxylation is 3. The summed E-state index contributed by atoms with van der Waals surface area (Å²) in [4.78, 5) is 25.0. The van der Waals surface area contributed by atoms with E-state index in [1.54, 1.807) is 11.3 Å². The molecule has 0 unspecified atom stereocenters. The molecule has 3 aromatic heterocycles. The molecule has 0 saturated heterocycles. The molecule has 25 heavy (non-hydrogen) atoms. The Balaban J connectivity index is 1.37. The molecular weight excluding hydrogens is 370 g/mol. The number of nitrogens with zero attached hydrogens (tertiary/aromatic N) is 2. The summed E-state index contributed by atoms with van der Waals surface area (Å²) < 4.78 is 0. The number of rotatable bonds is 5. The normalized spacial score (nSPS) is 13.6. The Morgan fingerprint density at radius 3 is 2.92 bits per heavy atom. The van der Waals surface area contributed by atoms with Crippen LogP contribution in [0.2, 0.25) is 0 Å². The Labute approximate surface area is 159 Å². The lowest BCUT2D eigenvalue weighted by Crippen LogP contribution is -2.25. The molecule has 0 bridgehead atoms. The topological polar surface area (TPSA) is 54.9 Å². The monoisotopic (exact) mass is 389 g/mol. The molecule has 1 N–H and O–H groups in total. The third-order valence-electron chi connectivity index (χ3n) is 4.25. The van der Waals surface area contributed by atoms with Crippen LogP contribution in [-0.4, -0.2) is 22.4 Å². The fraction of sp³-hybridized carbons (Fsp3) is 0.389. The number of amides is 1. The molecule has 3 aromatic rings. The van der Waals surface area contributed by atoms with Gasteiger partial charge in [0.15, 0.2) is 0 Å². The highest BCUT2D eigenvalue weighted by Gasteiger charge is 2.18. The van der Waals surface area contributed by atoms with Crippen LogP contribution in [0.3, 0.4) is 0 Å². The summed E-state index contributed by atoms with van der Waals surface area (Å²) in [5.41, 5.74) is 2.09. The molecule has 0 atom stereocenters. The van der Waals surface area contributed by atoms with Crippen molar-refractivity contribution in [3.8, 4) is 9.88 Å². The van der Waals surface area contributed by atoms with Gasteiger partial charge in [-0.15, -0.1) is 34.0 Å². The lowest BCUT2D eigenvalue weighted by atomic mass is 10.0. The molecule has 0 fully saturated rings. The highest BCUT2D eigenvalue weighted by atomic mass is 32.1. The van der Waals surface area contributed by atoms with E-state index < -0.39 is 0 Å². The molecule has 7 heteroatoms. The second-order valence-corrected chi connectivity index (χ2v) is 9.22. The van der Waals surface area contributed by atoms with Crippen molar-refractivity contribution in [1.29, 1.82) is 0 Å². The Hall–Kier alpha value is -1.57. The Kier molecular flexibility index (Phi) is 4.96. The van der Waals surface area contributed by atoms with Gasteiger partial charge < -0.3 is 5.32 Å². The van der Waals surface area contributed by atoms with Crippen LogP contribution in [-0.2, 0) is 19.3 Å². The van der Waals surface area contributed by atoms with Crippen LogP contribution in [0.1, 0.15) is 43.8 Å². The molecule has 0 radical (unpaired) electrons. The van der Waals surface area contributed by atoms with Gasteiger partial charge in [-0.25, -0.2) is 9.97 Å². The summed E-state index contributed by atoms with van der Waals surface area (Å²) in [6.07, 6.45) is 5.63. The van der Waals surface area contributed by atoms with Gasteiger partial charge in [0.05, 0.1) is 21.3 Å². The van der Waals surface area contributed by atoms with Gasteiger partial charge in [0.2, 0.25) is 0 Å². The van der Waals surface area contributed by atoms with Crippen LogP contribution in [0.25, 0.3) is 9.88 Å². The third-order valence-corrected chi connectivity index (χ3v) is 7.66. The highest BCUT2D eigenvalue weighted by molar-refractivity contribution is 7.22. The summed E-state index contributed by atoms with van der Waals surface area (Å²) in [5.74, 6) is -0.0286. The molecule has 4 nitrogen and oxygen atoms in total. The van der Waals surface area contributed by atoms with Crippen molar-refractivity contribution in [2.45, 2.75) is 39.0 Å². The molecule has 1 aliphatic carbocycles. The Morgan fingerprint density at radius 2 is 2.12 bits per heavy atom. The van der Waals surface area contributed by atoms with Crippen molar-refractivity contribution in [2.75, 3.05) is 6.54 Å². The van der Waals surface area contributed by atoms with Gasteiger partial charge in [0.1, 0.15) is 9.88 Å². The van der Waals surface area contributed by atoms with E-state index in [1.165, 1.54) is 41.2 Å². The second-order valence-electron chi connectivity index (χ2n) is 6.10. The first-order valence-corrected chi connectivity index (χ1v) is 11.0. The van der Waals surface area contributed by atoms with Crippen molar-refractivity contribution in [3.63, 3.8) is 0 Å². The first-order valence-electron chi connectivity index (χ1n) is 8.47. The van der Waals surface area contributed by atoms with Gasteiger partial charge >= 0.3 is 0 Å². The van der Waals surface area contributed by atoms with Crippen molar-refractivity contribution in [2.24, 2.45) is 0 Å². The number of carbonyl (C=O) groups is 1. The van der Waals surface area contributed by atoms with Gasteiger partial charge in [-0.2, -0.15) is 0 Å². The summed E-state index contributed by atoms with van der Waals surface area (Å²) in [5, 5.41) is 7.12. The van der Waals surface area contributed by atoms with Gasteiger partial charge in [-0.05, 0) is 44.1 Å². The van der Waals surface area contributed by atoms with Crippen LogP contribution in [0.15, 0.2) is 17.5 Å². The number of thiazole rings is 2. The van der Waals surface area contributed by atoms with Gasteiger partial charge in [0, 0.05) is 17.8 Å². The van der Waals surface area contributed by atoms with Crippen molar-refractivity contribution in [1.82, 2.24) is 15.3 Å². The van der Waals surface area contributed by atoms with E-state index in [-0.39, 0.29) is 5.91 Å². The summed E-state index contributed by atoms with van der Waals surface area (Å²) in [7, 11) is 0. The van der Waals surface area contributed by atoms with Crippen molar-refractivity contribution in [3.05, 3.63) is 43.7 Å². The van der Waals surface area contributed by atoms with Crippen LogP contribution in [0.4, 0.5) is 0 Å². The first-order chi connectivity index (χ1) is 12.2. The smallest absolute Gasteiger partial charge is 0.263 e. The van der Waals surface area contributed by atoms with Crippen LogP contribution >= 0.6 is 34.0 Å². The predicted molar refractivity (Wildman–Crippen MR) is 105 cm³/mol. The minimum atomic E-state index is -0.0286. The van der Waals surface area contributed by atoms with Gasteiger partial charge in [0.25, 0.3) is 5.91 Å². The van der Waals surface area contributed by atoms with E-state index in [0.29, 0.717) is 11.4 Å². The van der Waals surface area contributed by atoms with Crippen LogP contribution < -0.4 is 5.32 Å². The third kappa shape index (κ3) is 3.68. The zero-order chi connectivity index (χ0) is 17.2. The summed E-state index contributed by atoms with van der Waals surface area (Å²) in [6, 6.07) is 4.04. The lowest BCUT2D eigenvalue weighted by molar-refractivity contribution is 0.0957. The maximum Gasteiger partial charge on any atom is 0.263 e. The van der Waals surface area contributed by atoms with Gasteiger partial charge in [-0.1, -0.05) is 6.07 Å². The molecule has 130 valence electrons. The molecule has 3 heterocycles. The molecule has 4 rings (SSSR count). The standard InChI is InChI=1S/C18H19N3OS3/c1-11-16(25-18(20-11)14-7-4-10-23-14)17(22)19-9-8-15-21-12-5-2-3-6-13(12)24-15/h4,7,10H,2-3,5-6,8-9H2,1H3,(H,19,22). The minimum absolute atomic E-state index is 0.0286. The molecule has 1 amide bonds. The van der Waals surface area contributed by atoms with E-state index in [1.807, 2.05) is 35.8 Å². The lowest BCUT2D eigenvalue weighted by Gasteiger charge is -2.06. The number of carbonyl (C=O) groups excluding carboxylic acids is 1. The number of aromatic nitrogens is 2. The predicted octanol–water partition coefficient (Wildman–Crippen LogP) is 4.49. The number of nitrogens with one attached hydrogen (secondary N) is 1. The summed E-state index contributed by atoms with van der Waals surface area (Å²) >= 11 is 4.93. The maximum atomic E-state index is 12.5. The number of fused-ring (bicyclic) bond motifs is 1. The molecule has 0 saturated carbocycles. The van der Waals surface area contributed by atoms with Gasteiger partial charge in [-0.3, -0.25) is 4.79 Å². The number of hydrogen-bond donors (Lipinski definition) is 1. The van der Waals surface area contributed by atoms with Crippen LogP contribution in [0, 0.1) is 6.92 Å². The molecule has 0 spiro atoms. The number of hydrogen-bond acceptors (Lipinski definition) is 6. The summed E-state index contributed by atoms with van der Waals surface area (Å²) in [6.45, 7) is 2.52. The average Bonchev–Trinajstić information content (AvgIpc) is 3.33. The number of thiophene rings is 1. The van der Waals surface area contributed by atoms with E-state index in [0.717, 1.165) is 33.4 Å². The maximum absolute atomic E-state index is 12.5. The molecular formula is C18H19N3OS3. The SMILES string of the molecule is Cc1nc(-c2cccs2)sc1C(=O)NCCc1nc2c(s1)CCCC2. The molecule has 0 aromatic carbocycles. The minimum Gasteiger partial charge on any atom is -0.351 e. The Bertz CT molecular complexity index is 856. The van der Waals surface area contributed by atoms with E-state index in [9.17, 15) is 4.79 Å². The largest absolute Gasteiger partial charge is 0.351 e. The highest BCUT2D eigenvalue weighted by Crippen LogP contribution is 2.31. The zero-order valence-corrected chi connectivity index (χ0v) is 16.5. The van der Waals surface area contributed by atoms with E-state index >= 15 is 0 Å². The molecule has 1 aliphatic rings. The average molecular weight is 390 g/mol.